The van der Waals surface area contributed by atoms with Gasteiger partial charge in [0, 0.05) is 62.6 Å². The number of aromatic nitrogens is 5. The van der Waals surface area contributed by atoms with Gasteiger partial charge in [-0.1, -0.05) is 20.8 Å². The van der Waals surface area contributed by atoms with Gasteiger partial charge >= 0.3 is 0 Å². The van der Waals surface area contributed by atoms with E-state index >= 15 is 0 Å². The molecule has 11 nitrogen and oxygen atoms in total. The third-order valence-electron chi connectivity index (χ3n) is 8.16. The molecule has 1 aromatic carbocycles. The van der Waals surface area contributed by atoms with Crippen LogP contribution in [0.2, 0.25) is 0 Å². The average molecular weight is 569 g/mol. The molecule has 6 rings (SSSR count). The Morgan fingerprint density at radius 3 is 2.48 bits per heavy atom. The van der Waals surface area contributed by atoms with Crippen molar-refractivity contribution in [1.29, 1.82) is 0 Å². The van der Waals surface area contributed by atoms with Crippen molar-refractivity contribution in [1.82, 2.24) is 35.1 Å². The van der Waals surface area contributed by atoms with E-state index in [4.69, 9.17) is 4.98 Å². The van der Waals surface area contributed by atoms with Gasteiger partial charge in [0.25, 0.3) is 5.91 Å². The summed E-state index contributed by atoms with van der Waals surface area (Å²) >= 11 is 0. The minimum atomic E-state index is -0.188. The summed E-state index contributed by atoms with van der Waals surface area (Å²) in [7, 11) is 2.16. The summed E-state index contributed by atoms with van der Waals surface area (Å²) in [5.74, 6) is 0.587. The topological polar surface area (TPSA) is 118 Å². The molecule has 11 heteroatoms. The number of nitrogens with zero attached hydrogens (tertiary/aromatic N) is 7. The maximum Gasteiger partial charge on any atom is 0.271 e. The zero-order chi connectivity index (χ0) is 29.3. The molecule has 0 aliphatic carbocycles. The first-order valence-electron chi connectivity index (χ1n) is 14.7. The number of benzene rings is 1. The molecule has 1 atom stereocenters. The highest BCUT2D eigenvalue weighted by molar-refractivity contribution is 5.94. The van der Waals surface area contributed by atoms with Crippen molar-refractivity contribution < 1.29 is 4.79 Å². The minimum absolute atomic E-state index is 0.00741. The van der Waals surface area contributed by atoms with Crippen LogP contribution in [0.15, 0.2) is 49.2 Å². The molecule has 5 heterocycles. The molecular formula is C31H40N10O. The van der Waals surface area contributed by atoms with Crippen LogP contribution >= 0.6 is 0 Å². The van der Waals surface area contributed by atoms with Crippen LogP contribution in [0.25, 0.3) is 11.0 Å². The molecule has 2 fully saturated rings. The fourth-order valence-corrected chi connectivity index (χ4v) is 5.58. The Morgan fingerprint density at radius 2 is 1.76 bits per heavy atom. The second kappa shape index (κ2) is 11.6. The lowest BCUT2D eigenvalue weighted by atomic mass is 9.93. The summed E-state index contributed by atoms with van der Waals surface area (Å²) in [5, 5.41) is 6.68. The van der Waals surface area contributed by atoms with Crippen molar-refractivity contribution in [3.8, 4) is 0 Å². The smallest absolute Gasteiger partial charge is 0.271 e. The number of amides is 1. The molecule has 42 heavy (non-hydrogen) atoms. The molecule has 0 spiro atoms. The number of carbonyl (C=O) groups is 1. The van der Waals surface area contributed by atoms with Crippen molar-refractivity contribution in [3.05, 3.63) is 60.6 Å². The lowest BCUT2D eigenvalue weighted by molar-refractivity contribution is 0.0927. The molecule has 3 aromatic heterocycles. The molecule has 1 unspecified atom stereocenters. The fourth-order valence-electron chi connectivity index (χ4n) is 5.58. The standard InChI is InChI=1S/C31H40N10O/c1-31(2,3)27-18-32-26(17-33-27)30(42)37-21-6-5-9-41(19-21)23-14-24-29(36-20-35-24)25(15-23)38-28-8-7-22(16-34-28)40-12-10-39(4)11-13-40/h7-8,14-18,20-21H,5-6,9-13,19H2,1-4H3,(H,34,38)(H,35,36)(H,37,42). The van der Waals surface area contributed by atoms with Crippen LogP contribution in [-0.4, -0.2) is 88.1 Å². The van der Waals surface area contributed by atoms with Gasteiger partial charge in [-0.15, -0.1) is 0 Å². The van der Waals surface area contributed by atoms with E-state index in [9.17, 15) is 4.79 Å². The predicted octanol–water partition coefficient (Wildman–Crippen LogP) is 3.94. The summed E-state index contributed by atoms with van der Waals surface area (Å²) < 4.78 is 0. The van der Waals surface area contributed by atoms with Gasteiger partial charge in [0.2, 0.25) is 0 Å². The second-order valence-electron chi connectivity index (χ2n) is 12.4. The summed E-state index contributed by atoms with van der Waals surface area (Å²) in [6, 6.07) is 8.42. The number of anilines is 4. The molecule has 220 valence electrons. The van der Waals surface area contributed by atoms with Crippen LogP contribution in [0.3, 0.4) is 0 Å². The minimum Gasteiger partial charge on any atom is -0.369 e. The highest BCUT2D eigenvalue weighted by Crippen LogP contribution is 2.32. The van der Waals surface area contributed by atoms with E-state index in [1.807, 2.05) is 12.3 Å². The Morgan fingerprint density at radius 1 is 0.929 bits per heavy atom. The van der Waals surface area contributed by atoms with Gasteiger partial charge in [-0.25, -0.2) is 15.0 Å². The number of piperidine rings is 1. The van der Waals surface area contributed by atoms with Crippen LogP contribution in [0, 0.1) is 0 Å². The number of H-pyrrole nitrogens is 1. The average Bonchev–Trinajstić information content (AvgIpc) is 3.47. The van der Waals surface area contributed by atoms with Gasteiger partial charge in [-0.05, 0) is 44.2 Å². The predicted molar refractivity (Wildman–Crippen MR) is 167 cm³/mol. The lowest BCUT2D eigenvalue weighted by Crippen LogP contribution is -2.48. The Labute approximate surface area is 246 Å². The van der Waals surface area contributed by atoms with E-state index < -0.39 is 0 Å². The summed E-state index contributed by atoms with van der Waals surface area (Å²) in [6.45, 7) is 12.0. The van der Waals surface area contributed by atoms with Crippen molar-refractivity contribution in [2.75, 3.05) is 61.4 Å². The van der Waals surface area contributed by atoms with Gasteiger partial charge < -0.3 is 30.3 Å². The number of nitrogens with one attached hydrogen (secondary N) is 3. The SMILES string of the molecule is CN1CCN(c2ccc(Nc3cc(N4CCCC(NC(=O)c5cnc(C(C)(C)C)cn5)C4)cc4[nH]cnc34)nc2)CC1. The largest absolute Gasteiger partial charge is 0.369 e. The highest BCUT2D eigenvalue weighted by Gasteiger charge is 2.25. The molecular weight excluding hydrogens is 528 g/mol. The van der Waals surface area contributed by atoms with Gasteiger partial charge in [0.15, 0.2) is 0 Å². The van der Waals surface area contributed by atoms with Crippen molar-refractivity contribution in [3.63, 3.8) is 0 Å². The van der Waals surface area contributed by atoms with E-state index in [2.05, 4.69) is 91.3 Å². The van der Waals surface area contributed by atoms with Gasteiger partial charge in [-0.2, -0.15) is 0 Å². The molecule has 2 saturated heterocycles. The Kier molecular flexibility index (Phi) is 7.68. The van der Waals surface area contributed by atoms with E-state index in [-0.39, 0.29) is 17.4 Å². The summed E-state index contributed by atoms with van der Waals surface area (Å²) in [5.41, 5.74) is 6.01. The number of hydrogen-bond acceptors (Lipinski definition) is 9. The zero-order valence-electron chi connectivity index (χ0n) is 24.9. The number of rotatable bonds is 6. The molecule has 4 aromatic rings. The van der Waals surface area contributed by atoms with Gasteiger partial charge in [0.05, 0.1) is 41.3 Å². The van der Waals surface area contributed by atoms with Gasteiger partial charge in [0.1, 0.15) is 17.0 Å². The molecule has 1 amide bonds. The Balaban J connectivity index is 1.14. The number of carbonyl (C=O) groups excluding carboxylic acids is 1. The monoisotopic (exact) mass is 568 g/mol. The summed E-state index contributed by atoms with van der Waals surface area (Å²) in [6.07, 6.45) is 8.82. The van der Waals surface area contributed by atoms with Gasteiger partial charge in [-0.3, -0.25) is 9.78 Å². The normalized spacial score (nSPS) is 18.3. The molecule has 0 radical (unpaired) electrons. The Hall–Kier alpha value is -4.25. The number of pyridine rings is 1. The third kappa shape index (κ3) is 6.15. The van der Waals surface area contributed by atoms with Crippen molar-refractivity contribution >= 4 is 39.8 Å². The Bertz CT molecular complexity index is 1520. The van der Waals surface area contributed by atoms with Crippen LogP contribution in [-0.2, 0) is 5.41 Å². The number of hydrogen-bond donors (Lipinski definition) is 3. The number of piperazine rings is 1. The molecule has 0 bridgehead atoms. The maximum atomic E-state index is 13.0. The van der Waals surface area contributed by atoms with Crippen LogP contribution in [0.1, 0.15) is 49.8 Å². The summed E-state index contributed by atoms with van der Waals surface area (Å²) in [4.78, 5) is 41.4. The van der Waals surface area contributed by atoms with Crippen molar-refractivity contribution in [2.24, 2.45) is 0 Å². The second-order valence-corrected chi connectivity index (χ2v) is 12.4. The first-order valence-corrected chi connectivity index (χ1v) is 14.7. The van der Waals surface area contributed by atoms with Crippen LogP contribution < -0.4 is 20.4 Å². The van der Waals surface area contributed by atoms with Crippen LogP contribution in [0.4, 0.5) is 22.9 Å². The number of likely N-dealkylation sites (N-methyl/N-ethyl adjacent to an activating group) is 1. The first-order chi connectivity index (χ1) is 20.2. The van der Waals surface area contributed by atoms with E-state index in [1.54, 1.807) is 18.7 Å². The quantitative estimate of drug-likeness (QED) is 0.318. The van der Waals surface area contributed by atoms with E-state index in [0.29, 0.717) is 12.2 Å². The zero-order valence-corrected chi connectivity index (χ0v) is 24.9. The third-order valence-corrected chi connectivity index (χ3v) is 8.16. The molecule has 0 saturated carbocycles. The number of fused-ring (bicyclic) bond motifs is 1. The first kappa shape index (κ1) is 27.9. The van der Waals surface area contributed by atoms with Crippen molar-refractivity contribution in [2.45, 2.75) is 45.1 Å². The van der Waals surface area contributed by atoms with E-state index in [1.165, 1.54) is 0 Å². The fraction of sp³-hybridized carbons (Fsp3) is 0.452. The highest BCUT2D eigenvalue weighted by atomic mass is 16.2. The van der Waals surface area contributed by atoms with E-state index in [0.717, 1.165) is 85.2 Å². The maximum absolute atomic E-state index is 13.0. The number of aromatic amines is 1. The molecule has 2 aliphatic rings. The lowest BCUT2D eigenvalue weighted by Gasteiger charge is -2.35. The molecule has 3 N–H and O–H groups in total. The van der Waals surface area contributed by atoms with Crippen LogP contribution in [0.5, 0.6) is 0 Å². The molecule has 2 aliphatic heterocycles. The number of imidazole rings is 1.